The molecule has 12 heteroatoms. The second-order valence-electron chi connectivity index (χ2n) is 6.40. The number of nitrogen functional groups attached to an aromatic ring is 1. The van der Waals surface area contributed by atoms with Crippen molar-refractivity contribution >= 4 is 23.4 Å². The quantitative estimate of drug-likeness (QED) is 0.538. The average Bonchev–Trinajstić information content (AvgIpc) is 2.70. The highest BCUT2D eigenvalue weighted by atomic mass is 19.4. The fourth-order valence-electron chi connectivity index (χ4n) is 2.95. The molecule has 0 aliphatic carbocycles. The van der Waals surface area contributed by atoms with E-state index in [4.69, 9.17) is 21.9 Å². The molecule has 2 rings (SSSR count). The van der Waals surface area contributed by atoms with E-state index in [2.05, 4.69) is 9.97 Å². The van der Waals surface area contributed by atoms with Crippen LogP contribution in [0.5, 0.6) is 5.88 Å². The monoisotopic (exact) mass is 437 g/mol. The third-order valence-corrected chi connectivity index (χ3v) is 4.27. The van der Waals surface area contributed by atoms with Gasteiger partial charge in [0.2, 0.25) is 17.7 Å². The van der Waals surface area contributed by atoms with Crippen LogP contribution in [-0.4, -0.2) is 35.1 Å². The minimum absolute atomic E-state index is 0.0623. The van der Waals surface area contributed by atoms with Crippen molar-refractivity contribution in [2.75, 3.05) is 23.8 Å². The Balaban J connectivity index is 2.81. The van der Waals surface area contributed by atoms with Gasteiger partial charge in [0.25, 0.3) is 0 Å². The van der Waals surface area contributed by atoms with E-state index < -0.39 is 23.7 Å². The lowest BCUT2D eigenvalue weighted by atomic mass is 10.1. The van der Waals surface area contributed by atoms with Crippen molar-refractivity contribution in [3.8, 4) is 11.9 Å². The van der Waals surface area contributed by atoms with Gasteiger partial charge in [0, 0.05) is 5.69 Å². The molecule has 1 heterocycles. The van der Waals surface area contributed by atoms with Crippen LogP contribution in [0.2, 0.25) is 0 Å². The van der Waals surface area contributed by atoms with Gasteiger partial charge >= 0.3 is 6.18 Å². The van der Waals surface area contributed by atoms with Gasteiger partial charge < -0.3 is 26.8 Å². The molecule has 2 aromatic rings. The van der Waals surface area contributed by atoms with E-state index in [1.54, 1.807) is 6.92 Å². The van der Waals surface area contributed by atoms with Crippen molar-refractivity contribution in [1.29, 1.82) is 5.26 Å². The summed E-state index contributed by atoms with van der Waals surface area (Å²) < 4.78 is 45.3. The molecule has 166 valence electrons. The minimum atomic E-state index is -4.64. The molecule has 1 atom stereocenters. The van der Waals surface area contributed by atoms with Crippen molar-refractivity contribution in [3.05, 3.63) is 35.4 Å². The van der Waals surface area contributed by atoms with Gasteiger partial charge in [-0.2, -0.15) is 28.4 Å². The highest BCUT2D eigenvalue weighted by Crippen LogP contribution is 2.37. The Kier molecular flexibility index (Phi) is 7.60. The van der Waals surface area contributed by atoms with Gasteiger partial charge in [-0.05, 0) is 44.5 Å². The number of carbonyl (C=O) groups excluding carboxylic acids is 1. The zero-order valence-electron chi connectivity index (χ0n) is 16.7. The number of anilines is 3. The molecule has 0 spiro atoms. The molecule has 31 heavy (non-hydrogen) atoms. The van der Waals surface area contributed by atoms with Gasteiger partial charge in [-0.3, -0.25) is 4.79 Å². The van der Waals surface area contributed by atoms with E-state index in [1.807, 2.05) is 6.07 Å². The number of nitrogens with zero attached hydrogens (tertiary/aromatic N) is 4. The molecule has 0 radical (unpaired) electrons. The van der Waals surface area contributed by atoms with Crippen LogP contribution < -0.4 is 26.8 Å². The maximum atomic E-state index is 13.3. The second-order valence-corrected chi connectivity index (χ2v) is 6.40. The Hall–Kier alpha value is -3.59. The molecule has 9 nitrogen and oxygen atoms in total. The van der Waals surface area contributed by atoms with Crippen LogP contribution in [0.15, 0.2) is 24.3 Å². The molecule has 0 aliphatic heterocycles. The summed E-state index contributed by atoms with van der Waals surface area (Å²) in [5.41, 5.74) is 15.6. The summed E-state index contributed by atoms with van der Waals surface area (Å²) in [4.78, 5) is 21.4. The number of aromatic nitrogens is 2. The Morgan fingerprint density at radius 2 is 2.06 bits per heavy atom. The van der Waals surface area contributed by atoms with Gasteiger partial charge in [0.15, 0.2) is 11.4 Å². The lowest BCUT2D eigenvalue weighted by Crippen LogP contribution is -2.43. The van der Waals surface area contributed by atoms with Crippen molar-refractivity contribution in [2.24, 2.45) is 11.5 Å². The molecular weight excluding hydrogens is 415 g/mol. The largest absolute Gasteiger partial charge is 0.477 e. The first-order chi connectivity index (χ1) is 14.6. The predicted molar refractivity (Wildman–Crippen MR) is 107 cm³/mol. The normalized spacial score (nSPS) is 12.1. The van der Waals surface area contributed by atoms with Crippen molar-refractivity contribution in [1.82, 2.24) is 9.97 Å². The fraction of sp³-hybridized carbons (Fsp3) is 0.368. The molecule has 0 aliphatic rings. The van der Waals surface area contributed by atoms with Crippen molar-refractivity contribution in [2.45, 2.75) is 32.0 Å². The number of benzene rings is 1. The lowest BCUT2D eigenvalue weighted by Gasteiger charge is -2.32. The third kappa shape index (κ3) is 5.52. The van der Waals surface area contributed by atoms with Gasteiger partial charge in [0.05, 0.1) is 12.2 Å². The molecule has 1 aromatic heterocycles. The highest BCUT2D eigenvalue weighted by molar-refractivity contribution is 5.87. The Labute approximate surface area is 176 Å². The van der Waals surface area contributed by atoms with E-state index in [1.165, 1.54) is 12.1 Å². The van der Waals surface area contributed by atoms with Crippen LogP contribution in [0.3, 0.4) is 0 Å². The smallest absolute Gasteiger partial charge is 0.416 e. The number of halogens is 3. The predicted octanol–water partition coefficient (Wildman–Crippen LogP) is 2.08. The van der Waals surface area contributed by atoms with Crippen molar-refractivity contribution < 1.29 is 22.7 Å². The molecule has 0 unspecified atom stereocenters. The summed E-state index contributed by atoms with van der Waals surface area (Å²) in [7, 11) is 0. The zero-order valence-corrected chi connectivity index (χ0v) is 16.7. The number of hydrogen-bond donors (Lipinski definition) is 3. The van der Waals surface area contributed by atoms with E-state index >= 15 is 0 Å². The molecule has 6 N–H and O–H groups in total. The van der Waals surface area contributed by atoms with Crippen LogP contribution in [-0.2, 0) is 11.0 Å². The van der Waals surface area contributed by atoms with Crippen LogP contribution in [0.25, 0.3) is 0 Å². The zero-order chi connectivity index (χ0) is 23.2. The van der Waals surface area contributed by atoms with E-state index in [0.717, 1.165) is 17.0 Å². The van der Waals surface area contributed by atoms with Crippen LogP contribution in [0.1, 0.15) is 30.9 Å². The summed E-state index contributed by atoms with van der Waals surface area (Å²) in [6, 6.07) is 4.94. The second kappa shape index (κ2) is 9.94. The van der Waals surface area contributed by atoms with Gasteiger partial charge in [0.1, 0.15) is 12.1 Å². The molecule has 0 saturated heterocycles. The standard InChI is InChI=1S/C19H22F3N7O2/c1-2-31-17-13(10-24)16(27-18(26)28-17)29(14(15(25)30)7-4-8-23)12-6-3-5-11(9-12)19(20,21)22/h3,5-6,9,14H,2,4,7-8,23H2,1H3,(H2,25,30)(H2,26,27,28)/t14-/m0/s1. The lowest BCUT2D eigenvalue weighted by molar-refractivity contribution is -0.137. The Morgan fingerprint density at radius 1 is 1.35 bits per heavy atom. The summed E-state index contributed by atoms with van der Waals surface area (Å²) in [6.07, 6.45) is -4.20. The third-order valence-electron chi connectivity index (χ3n) is 4.27. The first kappa shape index (κ1) is 23.7. The van der Waals surface area contributed by atoms with Crippen LogP contribution >= 0.6 is 0 Å². The number of amides is 1. The maximum absolute atomic E-state index is 13.3. The Morgan fingerprint density at radius 3 is 2.61 bits per heavy atom. The van der Waals surface area contributed by atoms with Gasteiger partial charge in [-0.15, -0.1) is 0 Å². The Bertz CT molecular complexity index is 976. The van der Waals surface area contributed by atoms with Crippen molar-refractivity contribution in [3.63, 3.8) is 0 Å². The molecule has 1 aromatic carbocycles. The summed E-state index contributed by atoms with van der Waals surface area (Å²) >= 11 is 0. The molecular formula is C19H22F3N7O2. The number of primary amides is 1. The number of nitriles is 1. The number of carbonyl (C=O) groups is 1. The first-order valence-electron chi connectivity index (χ1n) is 9.30. The van der Waals surface area contributed by atoms with Crippen LogP contribution in [0.4, 0.5) is 30.6 Å². The molecule has 0 fully saturated rings. The maximum Gasteiger partial charge on any atom is 0.416 e. The van der Waals surface area contributed by atoms with E-state index in [-0.39, 0.29) is 48.5 Å². The number of alkyl halides is 3. The SMILES string of the molecule is CCOc1nc(N)nc(N(c2cccc(C(F)(F)F)c2)[C@@H](CCCN)C(N)=O)c1C#N. The number of nitrogens with two attached hydrogens (primary N) is 3. The first-order valence-corrected chi connectivity index (χ1v) is 9.30. The summed E-state index contributed by atoms with van der Waals surface area (Å²) in [5.74, 6) is -1.49. The minimum Gasteiger partial charge on any atom is -0.477 e. The molecule has 0 saturated carbocycles. The highest BCUT2D eigenvalue weighted by Gasteiger charge is 2.34. The molecule has 0 bridgehead atoms. The van der Waals surface area contributed by atoms with Crippen LogP contribution in [0, 0.1) is 11.3 Å². The number of hydrogen-bond acceptors (Lipinski definition) is 8. The fourth-order valence-corrected chi connectivity index (χ4v) is 2.95. The topological polar surface area (TPSA) is 157 Å². The average molecular weight is 437 g/mol. The van der Waals surface area contributed by atoms with Gasteiger partial charge in [-0.1, -0.05) is 6.07 Å². The number of ether oxygens (including phenoxy) is 1. The molecule has 1 amide bonds. The van der Waals surface area contributed by atoms with Gasteiger partial charge in [-0.25, -0.2) is 0 Å². The van der Waals surface area contributed by atoms with E-state index in [9.17, 15) is 23.2 Å². The summed E-state index contributed by atoms with van der Waals surface area (Å²) in [5, 5.41) is 9.70. The summed E-state index contributed by atoms with van der Waals surface area (Å²) in [6.45, 7) is 2.00. The number of rotatable bonds is 9. The van der Waals surface area contributed by atoms with E-state index in [0.29, 0.717) is 6.42 Å².